The van der Waals surface area contributed by atoms with E-state index in [1.54, 1.807) is 33.8 Å². The van der Waals surface area contributed by atoms with Gasteiger partial charge in [-0.15, -0.1) is 6.58 Å². The highest BCUT2D eigenvalue weighted by Gasteiger charge is 2.26. The fraction of sp³-hybridized carbons (Fsp3) is 0.273. The minimum atomic E-state index is -0.333. The van der Waals surface area contributed by atoms with Gasteiger partial charge in [-0.2, -0.15) is 5.26 Å². The molecule has 2 aromatic heterocycles. The number of nitriles is 1. The van der Waals surface area contributed by atoms with Crippen LogP contribution in [0.1, 0.15) is 23.3 Å². The standard InChI is InChI=1S/C22H20ClN5O2/c1-2-9-28-19(16-7-3-4-8-17(16)23)14-27-13-18(25-20(27)22(28)30)21(29)26-10-5-6-15(11-24)12-26/h2-4,7-8,13-15H,1,5-6,9-10,12H2/t15-/m0/s1. The molecular formula is C22H20ClN5O2. The number of carbonyl (C=O) groups is 1. The van der Waals surface area contributed by atoms with Crippen LogP contribution < -0.4 is 5.56 Å². The number of carbonyl (C=O) groups excluding carboxylic acids is 1. The van der Waals surface area contributed by atoms with Crippen molar-refractivity contribution < 1.29 is 4.79 Å². The van der Waals surface area contributed by atoms with Crippen LogP contribution in [0, 0.1) is 17.2 Å². The highest BCUT2D eigenvalue weighted by Crippen LogP contribution is 2.27. The zero-order valence-corrected chi connectivity index (χ0v) is 17.0. The van der Waals surface area contributed by atoms with Gasteiger partial charge in [0.25, 0.3) is 11.5 Å². The number of imidazole rings is 1. The molecule has 1 fully saturated rings. The maximum Gasteiger partial charge on any atom is 0.295 e. The van der Waals surface area contributed by atoms with E-state index in [-0.39, 0.29) is 35.3 Å². The van der Waals surface area contributed by atoms with E-state index < -0.39 is 0 Å². The fourth-order valence-corrected chi connectivity index (χ4v) is 4.04. The third-order valence-corrected chi connectivity index (χ3v) is 5.62. The molecule has 0 unspecified atom stereocenters. The average molecular weight is 422 g/mol. The predicted octanol–water partition coefficient (Wildman–Crippen LogP) is 3.38. The molecule has 0 radical (unpaired) electrons. The molecule has 4 rings (SSSR count). The Bertz CT molecular complexity index is 1240. The highest BCUT2D eigenvalue weighted by atomic mass is 35.5. The number of nitrogens with zero attached hydrogens (tertiary/aromatic N) is 5. The third-order valence-electron chi connectivity index (χ3n) is 5.29. The Morgan fingerprint density at radius 2 is 2.17 bits per heavy atom. The summed E-state index contributed by atoms with van der Waals surface area (Å²) in [5.41, 5.74) is 1.32. The van der Waals surface area contributed by atoms with Crippen LogP contribution in [-0.2, 0) is 6.54 Å². The minimum absolute atomic E-state index is 0.157. The van der Waals surface area contributed by atoms with Crippen LogP contribution in [0.15, 0.2) is 54.1 Å². The van der Waals surface area contributed by atoms with Gasteiger partial charge in [-0.3, -0.25) is 18.6 Å². The molecule has 0 aliphatic carbocycles. The molecule has 0 N–H and O–H groups in total. The summed E-state index contributed by atoms with van der Waals surface area (Å²) in [6.07, 6.45) is 6.51. The van der Waals surface area contributed by atoms with Crippen molar-refractivity contribution in [2.75, 3.05) is 13.1 Å². The molecule has 0 saturated carbocycles. The lowest BCUT2D eigenvalue weighted by molar-refractivity contribution is 0.0693. The van der Waals surface area contributed by atoms with E-state index in [0.29, 0.717) is 29.4 Å². The first kappa shape index (κ1) is 19.9. The molecule has 0 spiro atoms. The number of likely N-dealkylation sites (tertiary alicyclic amines) is 1. The molecule has 0 bridgehead atoms. The number of hydrogen-bond acceptors (Lipinski definition) is 4. The number of halogens is 1. The summed E-state index contributed by atoms with van der Waals surface area (Å²) < 4.78 is 3.11. The molecular weight excluding hydrogens is 402 g/mol. The maximum atomic E-state index is 13.2. The van der Waals surface area contributed by atoms with Gasteiger partial charge >= 0.3 is 0 Å². The molecule has 7 nitrogen and oxygen atoms in total. The van der Waals surface area contributed by atoms with E-state index in [1.807, 2.05) is 18.2 Å². The summed E-state index contributed by atoms with van der Waals surface area (Å²) in [4.78, 5) is 32.1. The molecule has 1 aromatic carbocycles. The molecule has 3 aromatic rings. The molecule has 1 atom stereocenters. The lowest BCUT2D eigenvalue weighted by atomic mass is 9.99. The quantitative estimate of drug-likeness (QED) is 0.604. The minimum Gasteiger partial charge on any atom is -0.336 e. The first-order valence-corrected chi connectivity index (χ1v) is 10.1. The van der Waals surface area contributed by atoms with Crippen LogP contribution in [0.3, 0.4) is 0 Å². The zero-order valence-electron chi connectivity index (χ0n) is 16.3. The summed E-state index contributed by atoms with van der Waals surface area (Å²) in [5, 5.41) is 9.70. The predicted molar refractivity (Wildman–Crippen MR) is 114 cm³/mol. The topological polar surface area (TPSA) is 83.4 Å². The second-order valence-electron chi connectivity index (χ2n) is 7.28. The summed E-state index contributed by atoms with van der Waals surface area (Å²) in [6.45, 7) is 4.98. The van der Waals surface area contributed by atoms with E-state index in [9.17, 15) is 14.9 Å². The van der Waals surface area contributed by atoms with Crippen molar-refractivity contribution in [1.29, 1.82) is 5.26 Å². The normalized spacial score (nSPS) is 16.4. The Labute approximate surface area is 178 Å². The lowest BCUT2D eigenvalue weighted by Gasteiger charge is -2.28. The van der Waals surface area contributed by atoms with Crippen LogP contribution in [0.4, 0.5) is 0 Å². The van der Waals surface area contributed by atoms with Crippen LogP contribution in [0.2, 0.25) is 5.02 Å². The summed E-state index contributed by atoms with van der Waals surface area (Å²) in [5.74, 6) is -0.441. The van der Waals surface area contributed by atoms with E-state index >= 15 is 0 Å². The van der Waals surface area contributed by atoms with Gasteiger partial charge in [0.15, 0.2) is 0 Å². The fourth-order valence-electron chi connectivity index (χ4n) is 3.81. The van der Waals surface area contributed by atoms with Crippen molar-refractivity contribution >= 4 is 23.2 Å². The Kier molecular flexibility index (Phi) is 5.42. The lowest BCUT2D eigenvalue weighted by Crippen LogP contribution is -2.39. The second kappa shape index (κ2) is 8.17. The van der Waals surface area contributed by atoms with E-state index in [4.69, 9.17) is 11.6 Å². The van der Waals surface area contributed by atoms with Crippen LogP contribution in [0.5, 0.6) is 0 Å². The number of rotatable bonds is 4. The molecule has 3 heterocycles. The molecule has 1 aliphatic heterocycles. The number of allylic oxidation sites excluding steroid dienone is 1. The van der Waals surface area contributed by atoms with Crippen molar-refractivity contribution in [3.8, 4) is 17.3 Å². The molecule has 1 amide bonds. The first-order valence-electron chi connectivity index (χ1n) is 9.70. The molecule has 1 saturated heterocycles. The van der Waals surface area contributed by atoms with Gasteiger partial charge in [0.2, 0.25) is 5.65 Å². The first-order chi connectivity index (χ1) is 14.5. The second-order valence-corrected chi connectivity index (χ2v) is 7.68. The summed E-state index contributed by atoms with van der Waals surface area (Å²) in [6, 6.07) is 9.49. The Morgan fingerprint density at radius 1 is 1.37 bits per heavy atom. The largest absolute Gasteiger partial charge is 0.336 e. The average Bonchev–Trinajstić information content (AvgIpc) is 3.20. The Balaban J connectivity index is 1.81. The molecule has 30 heavy (non-hydrogen) atoms. The smallest absolute Gasteiger partial charge is 0.295 e. The highest BCUT2D eigenvalue weighted by molar-refractivity contribution is 6.33. The summed E-state index contributed by atoms with van der Waals surface area (Å²) in [7, 11) is 0. The van der Waals surface area contributed by atoms with Gasteiger partial charge < -0.3 is 4.90 Å². The Hall–Kier alpha value is -3.37. The summed E-state index contributed by atoms with van der Waals surface area (Å²) >= 11 is 6.37. The third kappa shape index (κ3) is 3.51. The zero-order chi connectivity index (χ0) is 21.3. The van der Waals surface area contributed by atoms with Crippen molar-refractivity contribution in [2.45, 2.75) is 19.4 Å². The van der Waals surface area contributed by atoms with Crippen molar-refractivity contribution in [1.82, 2.24) is 18.9 Å². The van der Waals surface area contributed by atoms with Gasteiger partial charge in [0.1, 0.15) is 5.69 Å². The van der Waals surface area contributed by atoms with E-state index in [0.717, 1.165) is 12.8 Å². The van der Waals surface area contributed by atoms with Crippen molar-refractivity contribution in [3.63, 3.8) is 0 Å². The van der Waals surface area contributed by atoms with E-state index in [2.05, 4.69) is 17.6 Å². The number of fused-ring (bicyclic) bond motifs is 1. The maximum absolute atomic E-state index is 13.2. The number of piperidine rings is 1. The monoisotopic (exact) mass is 421 g/mol. The van der Waals surface area contributed by atoms with Gasteiger partial charge in [-0.25, -0.2) is 4.98 Å². The van der Waals surface area contributed by atoms with Crippen molar-refractivity contribution in [3.05, 3.63) is 70.4 Å². The molecule has 1 aliphatic rings. The van der Waals surface area contributed by atoms with Crippen LogP contribution in [0.25, 0.3) is 16.9 Å². The van der Waals surface area contributed by atoms with Gasteiger partial charge in [-0.05, 0) is 18.9 Å². The number of aromatic nitrogens is 3. The van der Waals surface area contributed by atoms with Crippen LogP contribution in [-0.4, -0.2) is 37.8 Å². The SMILES string of the molecule is C=CCn1c(-c2ccccc2Cl)cn2cc(C(=O)N3CCC[C@@H](C#N)C3)nc2c1=O. The number of amides is 1. The molecule has 152 valence electrons. The van der Waals surface area contributed by atoms with Gasteiger partial charge in [0.05, 0.1) is 17.7 Å². The van der Waals surface area contributed by atoms with Crippen LogP contribution >= 0.6 is 11.6 Å². The van der Waals surface area contributed by atoms with E-state index in [1.165, 1.54) is 4.57 Å². The van der Waals surface area contributed by atoms with Gasteiger partial charge in [-0.1, -0.05) is 35.9 Å². The van der Waals surface area contributed by atoms with Gasteiger partial charge in [0, 0.05) is 42.6 Å². The molecule has 8 heteroatoms. The number of hydrogen-bond donors (Lipinski definition) is 0. The Morgan fingerprint density at radius 3 is 2.90 bits per heavy atom. The number of benzene rings is 1. The van der Waals surface area contributed by atoms with Crippen molar-refractivity contribution in [2.24, 2.45) is 5.92 Å².